The van der Waals surface area contributed by atoms with Crippen LogP contribution in [0.3, 0.4) is 0 Å². The topological polar surface area (TPSA) is 43.4 Å². The van der Waals surface area contributed by atoms with Gasteiger partial charge >= 0.3 is 115 Å². The summed E-state index contributed by atoms with van der Waals surface area (Å²) in [6.45, 7) is 0. The maximum atomic E-state index is 11.4. The van der Waals surface area contributed by atoms with Crippen LogP contribution < -0.4 is 0 Å². The fourth-order valence-corrected chi connectivity index (χ4v) is 7.81. The minimum atomic E-state index is -3.45. The summed E-state index contributed by atoms with van der Waals surface area (Å²) < 4.78 is 30.1. The number of hydrogen-bond acceptors (Lipinski definition) is 3. The summed E-state index contributed by atoms with van der Waals surface area (Å²) in [6.07, 6.45) is 1.10. The number of rotatable bonds is 4. The van der Waals surface area contributed by atoms with Crippen molar-refractivity contribution in [1.82, 2.24) is 0 Å². The van der Waals surface area contributed by atoms with E-state index in [1.165, 1.54) is 0 Å². The second-order valence-electron chi connectivity index (χ2n) is 3.61. The molecule has 0 amide bonds. The average molecular weight is 376 g/mol. The van der Waals surface area contributed by atoms with Gasteiger partial charge in [-0.3, -0.25) is 0 Å². The third-order valence-corrected chi connectivity index (χ3v) is 9.13. The second-order valence-corrected chi connectivity index (χ2v) is 10.1. The molecule has 2 rings (SSSR count). The van der Waals surface area contributed by atoms with E-state index in [0.717, 1.165) is 13.4 Å². The van der Waals surface area contributed by atoms with E-state index in [9.17, 15) is 8.42 Å². The van der Waals surface area contributed by atoms with Crippen LogP contribution in [0.25, 0.3) is 0 Å². The van der Waals surface area contributed by atoms with E-state index in [4.69, 9.17) is 2.51 Å². The van der Waals surface area contributed by atoms with Crippen LogP contribution in [-0.4, -0.2) is 14.7 Å². The van der Waals surface area contributed by atoms with Gasteiger partial charge in [-0.15, -0.1) is 0 Å². The van der Waals surface area contributed by atoms with Gasteiger partial charge in [-0.2, -0.15) is 0 Å². The van der Waals surface area contributed by atoms with E-state index >= 15 is 0 Å². The molecule has 2 aromatic rings. The molecule has 0 unspecified atom stereocenters. The zero-order chi connectivity index (χ0) is 13.0. The predicted molar refractivity (Wildman–Crippen MR) is 80.2 cm³/mol. The van der Waals surface area contributed by atoms with Crippen LogP contribution in [0.2, 0.25) is 0 Å². The van der Waals surface area contributed by atoms with Gasteiger partial charge in [0.1, 0.15) is 0 Å². The van der Waals surface area contributed by atoms with Gasteiger partial charge in [-0.05, 0) is 0 Å². The van der Waals surface area contributed by atoms with Gasteiger partial charge < -0.3 is 0 Å². The Balaban J connectivity index is 2.42. The molecule has 0 aliphatic carbocycles. The molecule has 0 aliphatic heterocycles. The maximum absolute atomic E-state index is 11.4. The molecule has 0 spiro atoms. The van der Waals surface area contributed by atoms with E-state index in [1.807, 2.05) is 60.7 Å². The molecule has 0 aliphatic rings. The quantitative estimate of drug-likeness (QED) is 0.771. The molecule has 0 heterocycles. The summed E-state index contributed by atoms with van der Waals surface area (Å²) in [5, 5.41) is 0. The molecule has 0 bridgehead atoms. The molecule has 0 saturated carbocycles. The molecule has 0 N–H and O–H groups in total. The van der Waals surface area contributed by atoms with Crippen LogP contribution in [0, 0.1) is 7.14 Å². The second kappa shape index (κ2) is 5.81. The van der Waals surface area contributed by atoms with E-state index in [2.05, 4.69) is 0 Å². The molecule has 2 aromatic carbocycles. The summed E-state index contributed by atoms with van der Waals surface area (Å²) in [5.74, 6) is 0. The van der Waals surface area contributed by atoms with Crippen LogP contribution >= 0.6 is 20.2 Å². The van der Waals surface area contributed by atoms with Gasteiger partial charge in [0.05, 0.1) is 0 Å². The Kier molecular flexibility index (Phi) is 4.36. The van der Waals surface area contributed by atoms with Crippen molar-refractivity contribution < 1.29 is 10.9 Å². The summed E-state index contributed by atoms with van der Waals surface area (Å²) in [6, 6.07) is 19.1. The third-order valence-electron chi connectivity index (χ3n) is 2.04. The molecule has 0 radical (unpaired) electrons. The molecule has 0 aromatic heterocycles. The standard InChI is InChI=1S/C13H13IO3S/c1-18(15,16)17-14(12-8-4-2-5-9-12)13-10-6-3-7-11-13/h2-11H,1H3. The van der Waals surface area contributed by atoms with E-state index in [-0.39, 0.29) is 0 Å². The SMILES string of the molecule is CS(=O)(=O)OI(c1ccccc1)c1ccccc1. The van der Waals surface area contributed by atoms with E-state index in [0.29, 0.717) is 0 Å². The summed E-state index contributed by atoms with van der Waals surface area (Å²) >= 11 is -2.36. The van der Waals surface area contributed by atoms with Crippen molar-refractivity contribution in [2.75, 3.05) is 6.26 Å². The minimum absolute atomic E-state index is 0.971. The number of halogens is 1. The van der Waals surface area contributed by atoms with Crippen molar-refractivity contribution in [3.63, 3.8) is 0 Å². The molecule has 0 fully saturated rings. The number of benzene rings is 2. The first-order valence-electron chi connectivity index (χ1n) is 5.26. The van der Waals surface area contributed by atoms with Crippen molar-refractivity contribution in [1.29, 1.82) is 0 Å². The van der Waals surface area contributed by atoms with Crippen molar-refractivity contribution in [2.45, 2.75) is 0 Å². The third kappa shape index (κ3) is 3.79. The first kappa shape index (κ1) is 13.5. The Bertz CT molecular complexity index is 557. The van der Waals surface area contributed by atoms with Crippen molar-refractivity contribution >= 4 is 30.4 Å². The normalized spacial score (nSPS) is 12.2. The fraction of sp³-hybridized carbons (Fsp3) is 0.0769. The van der Waals surface area contributed by atoms with E-state index < -0.39 is 30.4 Å². The van der Waals surface area contributed by atoms with Gasteiger partial charge in [0, 0.05) is 0 Å². The molecular formula is C13H13IO3S. The Labute approximate surface area is 115 Å². The van der Waals surface area contributed by atoms with Gasteiger partial charge in [-0.1, -0.05) is 0 Å². The van der Waals surface area contributed by atoms with Gasteiger partial charge in [0.2, 0.25) is 0 Å². The molecule has 5 heteroatoms. The van der Waals surface area contributed by atoms with Crippen LogP contribution in [0.15, 0.2) is 60.7 Å². The Morgan fingerprint density at radius 2 is 1.22 bits per heavy atom. The first-order chi connectivity index (χ1) is 8.56. The molecule has 3 nitrogen and oxygen atoms in total. The van der Waals surface area contributed by atoms with Gasteiger partial charge in [-0.25, -0.2) is 0 Å². The predicted octanol–water partition coefficient (Wildman–Crippen LogP) is 3.12. The summed E-state index contributed by atoms with van der Waals surface area (Å²) in [4.78, 5) is 0. The van der Waals surface area contributed by atoms with Crippen molar-refractivity contribution in [3.05, 3.63) is 67.8 Å². The van der Waals surface area contributed by atoms with Gasteiger partial charge in [0.25, 0.3) is 0 Å². The Morgan fingerprint density at radius 1 is 0.833 bits per heavy atom. The van der Waals surface area contributed by atoms with Crippen LogP contribution in [0.1, 0.15) is 0 Å². The summed E-state index contributed by atoms with van der Waals surface area (Å²) in [7, 11) is -3.45. The molecule has 0 saturated heterocycles. The summed E-state index contributed by atoms with van der Waals surface area (Å²) in [5.41, 5.74) is 0. The number of hydrogen-bond donors (Lipinski definition) is 0. The first-order valence-corrected chi connectivity index (χ1v) is 10.1. The van der Waals surface area contributed by atoms with Crippen LogP contribution in [0.4, 0.5) is 0 Å². The van der Waals surface area contributed by atoms with E-state index in [1.54, 1.807) is 0 Å². The van der Waals surface area contributed by atoms with Crippen LogP contribution in [0.5, 0.6) is 0 Å². The zero-order valence-electron chi connectivity index (χ0n) is 9.78. The molecule has 18 heavy (non-hydrogen) atoms. The fourth-order valence-electron chi connectivity index (χ4n) is 1.37. The molecular weight excluding hydrogens is 363 g/mol. The van der Waals surface area contributed by atoms with Crippen molar-refractivity contribution in [3.8, 4) is 0 Å². The van der Waals surface area contributed by atoms with Crippen LogP contribution in [-0.2, 0) is 12.6 Å². The van der Waals surface area contributed by atoms with Gasteiger partial charge in [0.15, 0.2) is 0 Å². The zero-order valence-corrected chi connectivity index (χ0v) is 12.8. The average Bonchev–Trinajstić information content (AvgIpc) is 2.37. The van der Waals surface area contributed by atoms with Crippen molar-refractivity contribution in [2.24, 2.45) is 0 Å². The monoisotopic (exact) mass is 376 g/mol. The molecule has 0 atom stereocenters. The Morgan fingerprint density at radius 3 is 1.56 bits per heavy atom. The Hall–Kier alpha value is -0.920. The molecule has 96 valence electrons.